The first-order chi connectivity index (χ1) is 6.72. The Morgan fingerprint density at radius 1 is 1.43 bits per heavy atom. The van der Waals surface area contributed by atoms with Crippen LogP contribution in [0.2, 0.25) is 0 Å². The molecule has 1 amide bonds. The maximum Gasteiger partial charge on any atom is 0.434 e. The van der Waals surface area contributed by atoms with Gasteiger partial charge in [-0.1, -0.05) is 30.3 Å². The van der Waals surface area contributed by atoms with Crippen LogP contribution < -0.4 is 5.73 Å². The summed E-state index contributed by atoms with van der Waals surface area (Å²) in [6.45, 7) is 0. The highest BCUT2D eigenvalue weighted by molar-refractivity contribution is 5.91. The third-order valence-electron chi connectivity index (χ3n) is 1.64. The molecule has 0 bridgehead atoms. The molecule has 1 rings (SSSR count). The lowest BCUT2D eigenvalue weighted by atomic mass is 10.1. The molecule has 0 saturated carbocycles. The number of hydrogen-bond donors (Lipinski definition) is 1. The van der Waals surface area contributed by atoms with Crippen LogP contribution in [0.5, 0.6) is 0 Å². The van der Waals surface area contributed by atoms with Crippen molar-refractivity contribution >= 4 is 11.9 Å². The molecular weight excluding hydrogens is 180 g/mol. The molecule has 2 N–H and O–H groups in total. The Kier molecular flexibility index (Phi) is 3.67. The number of aliphatic imine (C=N–C) groups is 1. The lowest BCUT2D eigenvalue weighted by Crippen LogP contribution is -2.17. The van der Waals surface area contributed by atoms with Crippen molar-refractivity contribution in [1.82, 2.24) is 0 Å². The molecule has 4 heteroatoms. The largest absolute Gasteiger partial charge is 0.451 e. The van der Waals surface area contributed by atoms with Gasteiger partial charge in [-0.25, -0.2) is 4.79 Å². The standard InChI is InChI=1S/C10H12N2O2/c1-14-10(13)12-9(11)7-8-5-3-2-4-6-8/h2-6H,7H2,1H3,(H2,11,12,13). The Labute approximate surface area is 82.4 Å². The van der Waals surface area contributed by atoms with Crippen molar-refractivity contribution in [2.45, 2.75) is 6.42 Å². The number of benzene rings is 1. The van der Waals surface area contributed by atoms with Gasteiger partial charge < -0.3 is 10.5 Å². The third-order valence-corrected chi connectivity index (χ3v) is 1.64. The van der Waals surface area contributed by atoms with E-state index < -0.39 is 6.09 Å². The van der Waals surface area contributed by atoms with Gasteiger partial charge in [-0.15, -0.1) is 0 Å². The molecule has 0 spiro atoms. The second-order valence-electron chi connectivity index (χ2n) is 2.74. The Morgan fingerprint density at radius 3 is 2.64 bits per heavy atom. The molecule has 0 aliphatic rings. The molecule has 0 radical (unpaired) electrons. The fraction of sp³-hybridized carbons (Fsp3) is 0.200. The van der Waals surface area contributed by atoms with Crippen LogP contribution in [0.15, 0.2) is 35.3 Å². The molecule has 0 saturated heterocycles. The molecule has 1 aromatic rings. The zero-order valence-corrected chi connectivity index (χ0v) is 7.93. The van der Waals surface area contributed by atoms with Gasteiger partial charge in [0, 0.05) is 6.42 Å². The molecule has 4 nitrogen and oxygen atoms in total. The molecule has 0 aromatic heterocycles. The van der Waals surface area contributed by atoms with Crippen molar-refractivity contribution in [3.63, 3.8) is 0 Å². The maximum absolute atomic E-state index is 10.7. The van der Waals surface area contributed by atoms with Crippen LogP contribution in [0.4, 0.5) is 4.79 Å². The van der Waals surface area contributed by atoms with E-state index in [1.54, 1.807) is 0 Å². The van der Waals surface area contributed by atoms with Crippen molar-refractivity contribution in [2.24, 2.45) is 10.7 Å². The first-order valence-electron chi connectivity index (χ1n) is 4.17. The van der Waals surface area contributed by atoms with E-state index in [0.717, 1.165) is 5.56 Å². The number of ether oxygens (including phenoxy) is 1. The molecule has 74 valence electrons. The molecule has 0 heterocycles. The van der Waals surface area contributed by atoms with Crippen LogP contribution >= 0.6 is 0 Å². The Hall–Kier alpha value is -1.84. The normalized spacial score (nSPS) is 11.1. The van der Waals surface area contributed by atoms with Gasteiger partial charge in [0.1, 0.15) is 5.84 Å². The Balaban J connectivity index is 2.61. The quantitative estimate of drug-likeness (QED) is 0.568. The highest BCUT2D eigenvalue weighted by atomic mass is 16.5. The molecule has 0 fully saturated rings. The Bertz CT molecular complexity index is 333. The van der Waals surface area contributed by atoms with Gasteiger partial charge in [-0.3, -0.25) is 0 Å². The summed E-state index contributed by atoms with van der Waals surface area (Å²) < 4.78 is 4.35. The maximum atomic E-state index is 10.7. The number of carbonyl (C=O) groups excluding carboxylic acids is 1. The fourth-order valence-corrected chi connectivity index (χ4v) is 1.01. The molecule has 0 aliphatic heterocycles. The molecule has 0 aliphatic carbocycles. The van der Waals surface area contributed by atoms with Crippen molar-refractivity contribution in [2.75, 3.05) is 7.11 Å². The summed E-state index contributed by atoms with van der Waals surface area (Å²) in [6, 6.07) is 9.55. The van der Waals surface area contributed by atoms with Crippen molar-refractivity contribution in [3.8, 4) is 0 Å². The zero-order chi connectivity index (χ0) is 10.4. The minimum absolute atomic E-state index is 0.253. The van der Waals surface area contributed by atoms with Crippen molar-refractivity contribution in [3.05, 3.63) is 35.9 Å². The van der Waals surface area contributed by atoms with Crippen LogP contribution in [-0.4, -0.2) is 19.0 Å². The summed E-state index contributed by atoms with van der Waals surface area (Å²) in [4.78, 5) is 14.2. The summed E-state index contributed by atoms with van der Waals surface area (Å²) in [7, 11) is 1.27. The molecule has 1 aromatic carbocycles. The predicted molar refractivity (Wildman–Crippen MR) is 54.2 cm³/mol. The van der Waals surface area contributed by atoms with E-state index in [2.05, 4.69) is 9.73 Å². The number of nitrogens with zero attached hydrogens (tertiary/aromatic N) is 1. The highest BCUT2D eigenvalue weighted by Crippen LogP contribution is 1.99. The summed E-state index contributed by atoms with van der Waals surface area (Å²) in [6.07, 6.45) is -0.214. The van der Waals surface area contributed by atoms with Gasteiger partial charge in [0.25, 0.3) is 0 Å². The number of amides is 1. The minimum atomic E-state index is -0.668. The number of nitrogens with two attached hydrogens (primary N) is 1. The summed E-state index contributed by atoms with van der Waals surface area (Å²) in [5.74, 6) is 0.253. The number of rotatable bonds is 2. The fourth-order valence-electron chi connectivity index (χ4n) is 1.01. The van der Waals surface area contributed by atoms with Crippen molar-refractivity contribution in [1.29, 1.82) is 0 Å². The van der Waals surface area contributed by atoms with Crippen LogP contribution in [0.3, 0.4) is 0 Å². The number of methoxy groups -OCH3 is 1. The second kappa shape index (κ2) is 5.01. The van der Waals surface area contributed by atoms with Crippen LogP contribution in [0, 0.1) is 0 Å². The number of carbonyl (C=O) groups is 1. The van der Waals surface area contributed by atoms with Gasteiger partial charge in [-0.2, -0.15) is 4.99 Å². The van der Waals surface area contributed by atoms with E-state index in [0.29, 0.717) is 6.42 Å². The van der Waals surface area contributed by atoms with Gasteiger partial charge in [-0.05, 0) is 5.56 Å². The third kappa shape index (κ3) is 3.26. The molecule has 0 atom stereocenters. The van der Waals surface area contributed by atoms with E-state index in [1.165, 1.54) is 7.11 Å². The number of amidine groups is 1. The van der Waals surface area contributed by atoms with E-state index in [-0.39, 0.29) is 5.84 Å². The lowest BCUT2D eigenvalue weighted by Gasteiger charge is -1.99. The van der Waals surface area contributed by atoms with Crippen LogP contribution in [-0.2, 0) is 11.2 Å². The van der Waals surface area contributed by atoms with E-state index >= 15 is 0 Å². The smallest absolute Gasteiger partial charge is 0.434 e. The molecular formula is C10H12N2O2. The predicted octanol–water partition coefficient (Wildman–Crippen LogP) is 1.35. The average Bonchev–Trinajstić information content (AvgIpc) is 2.19. The average molecular weight is 192 g/mol. The summed E-state index contributed by atoms with van der Waals surface area (Å²) in [5, 5.41) is 0. The van der Waals surface area contributed by atoms with Crippen molar-refractivity contribution < 1.29 is 9.53 Å². The van der Waals surface area contributed by atoms with Gasteiger partial charge >= 0.3 is 6.09 Å². The van der Waals surface area contributed by atoms with Gasteiger partial charge in [0.2, 0.25) is 0 Å². The van der Waals surface area contributed by atoms with E-state index in [4.69, 9.17) is 5.73 Å². The molecule has 0 unspecified atom stereocenters. The number of hydrogen-bond acceptors (Lipinski definition) is 2. The first kappa shape index (κ1) is 10.2. The highest BCUT2D eigenvalue weighted by Gasteiger charge is 1.99. The lowest BCUT2D eigenvalue weighted by molar-refractivity contribution is 0.182. The zero-order valence-electron chi connectivity index (χ0n) is 7.93. The van der Waals surface area contributed by atoms with E-state index in [9.17, 15) is 4.79 Å². The first-order valence-corrected chi connectivity index (χ1v) is 4.17. The topological polar surface area (TPSA) is 64.7 Å². The SMILES string of the molecule is COC(=O)N=C(N)Cc1ccccc1. The van der Waals surface area contributed by atoms with Crippen LogP contribution in [0.25, 0.3) is 0 Å². The van der Waals surface area contributed by atoms with Crippen LogP contribution in [0.1, 0.15) is 5.56 Å². The Morgan fingerprint density at radius 2 is 2.07 bits per heavy atom. The summed E-state index contributed by atoms with van der Waals surface area (Å²) in [5.41, 5.74) is 6.54. The van der Waals surface area contributed by atoms with E-state index in [1.807, 2.05) is 30.3 Å². The van der Waals surface area contributed by atoms with Gasteiger partial charge in [0.15, 0.2) is 0 Å². The summed E-state index contributed by atoms with van der Waals surface area (Å²) >= 11 is 0. The van der Waals surface area contributed by atoms with Gasteiger partial charge in [0.05, 0.1) is 7.11 Å². The molecule has 14 heavy (non-hydrogen) atoms. The second-order valence-corrected chi connectivity index (χ2v) is 2.74. The monoisotopic (exact) mass is 192 g/mol. The minimum Gasteiger partial charge on any atom is -0.451 e.